The van der Waals surface area contributed by atoms with Crippen LogP contribution in [0.5, 0.6) is 0 Å². The largest absolute Gasteiger partial charge is 0.367 e. The maximum absolute atomic E-state index is 13.6. The van der Waals surface area contributed by atoms with E-state index in [1.165, 1.54) is 0 Å². The molecule has 1 aromatic carbocycles. The summed E-state index contributed by atoms with van der Waals surface area (Å²) in [4.78, 5) is -0.350. The smallest absolute Gasteiger partial charge is 0.230 e. The lowest BCUT2D eigenvalue weighted by atomic mass is 10.1. The third-order valence-electron chi connectivity index (χ3n) is 2.32. The molecule has 0 saturated heterocycles. The first-order valence-corrected chi connectivity index (χ1v) is 6.59. The minimum atomic E-state index is -3.67. The van der Waals surface area contributed by atoms with Gasteiger partial charge in [0.15, 0.2) is 21.5 Å². The predicted octanol–water partition coefficient (Wildman–Crippen LogP) is 1.61. The van der Waals surface area contributed by atoms with E-state index in [1.807, 2.05) is 0 Å². The van der Waals surface area contributed by atoms with Crippen molar-refractivity contribution in [3.63, 3.8) is 0 Å². The average molecular weight is 274 g/mol. The van der Waals surface area contributed by atoms with Gasteiger partial charge in [-0.3, -0.25) is 0 Å². The van der Waals surface area contributed by atoms with Gasteiger partial charge in [0.2, 0.25) is 5.88 Å². The van der Waals surface area contributed by atoms with Gasteiger partial charge in [0, 0.05) is 11.8 Å². The summed E-state index contributed by atoms with van der Waals surface area (Å²) in [7, 11) is -3.67. The van der Waals surface area contributed by atoms with E-state index in [4.69, 9.17) is 5.73 Å². The molecule has 0 bridgehead atoms. The van der Waals surface area contributed by atoms with Crippen LogP contribution in [0.3, 0.4) is 0 Å². The predicted molar refractivity (Wildman–Crippen MR) is 59.4 cm³/mol. The number of rotatable bonds is 2. The topological polar surface area (TPSA) is 86.2 Å². The molecule has 0 amide bonds. The first-order valence-electron chi connectivity index (χ1n) is 4.70. The van der Waals surface area contributed by atoms with E-state index in [9.17, 15) is 17.2 Å². The number of benzene rings is 1. The Morgan fingerprint density at radius 1 is 1.28 bits per heavy atom. The number of sulfone groups is 1. The average Bonchev–Trinajstić information content (AvgIpc) is 2.67. The quantitative estimate of drug-likeness (QED) is 0.841. The maximum atomic E-state index is 13.6. The molecule has 0 saturated carbocycles. The Bertz CT molecular complexity index is 710. The minimum Gasteiger partial charge on any atom is -0.367 e. The van der Waals surface area contributed by atoms with Gasteiger partial charge < -0.3 is 10.3 Å². The zero-order valence-corrected chi connectivity index (χ0v) is 9.96. The molecule has 2 aromatic rings. The van der Waals surface area contributed by atoms with Crippen molar-refractivity contribution in [3.05, 3.63) is 30.0 Å². The lowest BCUT2D eigenvalue weighted by molar-refractivity contribution is 0.436. The van der Waals surface area contributed by atoms with E-state index in [2.05, 4.69) is 9.68 Å². The van der Waals surface area contributed by atoms with Crippen LogP contribution in [-0.2, 0) is 9.84 Å². The van der Waals surface area contributed by atoms with Gasteiger partial charge in [-0.1, -0.05) is 5.16 Å². The Balaban J connectivity index is 2.76. The molecule has 0 aliphatic rings. The molecule has 1 heterocycles. The third kappa shape index (κ3) is 2.06. The van der Waals surface area contributed by atoms with Crippen molar-refractivity contribution < 1.29 is 21.7 Å². The van der Waals surface area contributed by atoms with Crippen LogP contribution in [0.15, 0.2) is 27.7 Å². The summed E-state index contributed by atoms with van der Waals surface area (Å²) in [5, 5.41) is 3.32. The zero-order valence-electron chi connectivity index (χ0n) is 9.15. The van der Waals surface area contributed by atoms with E-state index in [0.717, 1.165) is 18.5 Å². The Labute approximate surface area is 101 Å². The van der Waals surface area contributed by atoms with Crippen molar-refractivity contribution in [2.24, 2.45) is 0 Å². The zero-order chi connectivity index (χ0) is 13.5. The number of nitrogen functional groups attached to an aromatic ring is 1. The summed E-state index contributed by atoms with van der Waals surface area (Å²) < 4.78 is 54.2. The van der Waals surface area contributed by atoms with Gasteiger partial charge in [-0.25, -0.2) is 17.2 Å². The summed E-state index contributed by atoms with van der Waals surface area (Å²) in [6, 6.07) is 1.59. The Kier molecular flexibility index (Phi) is 2.81. The van der Waals surface area contributed by atoms with Crippen LogP contribution in [0.25, 0.3) is 11.1 Å². The van der Waals surface area contributed by atoms with Crippen LogP contribution < -0.4 is 5.73 Å². The second-order valence-corrected chi connectivity index (χ2v) is 5.66. The van der Waals surface area contributed by atoms with Crippen LogP contribution >= 0.6 is 0 Å². The molecule has 2 rings (SSSR count). The van der Waals surface area contributed by atoms with E-state index in [0.29, 0.717) is 6.07 Å². The fourth-order valence-corrected chi connectivity index (χ4v) is 2.07. The van der Waals surface area contributed by atoms with Crippen LogP contribution in [0.4, 0.5) is 14.7 Å². The molecule has 0 aliphatic heterocycles. The van der Waals surface area contributed by atoms with E-state index < -0.39 is 21.5 Å². The van der Waals surface area contributed by atoms with Crippen molar-refractivity contribution in [1.82, 2.24) is 5.16 Å². The summed E-state index contributed by atoms with van der Waals surface area (Å²) in [5.74, 6) is -2.72. The fraction of sp³-hybridized carbons (Fsp3) is 0.100. The molecule has 0 radical (unpaired) electrons. The highest BCUT2D eigenvalue weighted by atomic mass is 32.2. The Morgan fingerprint density at radius 3 is 2.44 bits per heavy atom. The van der Waals surface area contributed by atoms with Gasteiger partial charge in [0.05, 0.1) is 16.7 Å². The summed E-state index contributed by atoms with van der Waals surface area (Å²) in [6.07, 6.45) is 1.97. The van der Waals surface area contributed by atoms with Gasteiger partial charge in [-0.05, 0) is 12.1 Å². The monoisotopic (exact) mass is 274 g/mol. The molecule has 5 nitrogen and oxygen atoms in total. The van der Waals surface area contributed by atoms with E-state index in [-0.39, 0.29) is 21.9 Å². The lowest BCUT2D eigenvalue weighted by Gasteiger charge is -2.05. The summed E-state index contributed by atoms with van der Waals surface area (Å²) >= 11 is 0. The highest BCUT2D eigenvalue weighted by Gasteiger charge is 2.20. The van der Waals surface area contributed by atoms with Crippen LogP contribution in [0.1, 0.15) is 0 Å². The van der Waals surface area contributed by atoms with Crippen molar-refractivity contribution in [1.29, 1.82) is 0 Å². The second kappa shape index (κ2) is 4.05. The van der Waals surface area contributed by atoms with Gasteiger partial charge in [-0.2, -0.15) is 0 Å². The van der Waals surface area contributed by atoms with Crippen LogP contribution in [-0.4, -0.2) is 19.8 Å². The number of nitrogens with zero attached hydrogens (tertiary/aromatic N) is 1. The standard InChI is InChI=1S/C10H8F2N2O3S/c1-18(15,16)5-2-6(9(12)8(11)3-5)7-4-14-17-10(7)13/h2-4H,13H2,1H3. The molecule has 2 N–H and O–H groups in total. The summed E-state index contributed by atoms with van der Waals surface area (Å²) in [5.41, 5.74) is 5.07. The van der Waals surface area contributed by atoms with Crippen LogP contribution in [0.2, 0.25) is 0 Å². The number of hydrogen-bond acceptors (Lipinski definition) is 5. The molecule has 0 spiro atoms. The first-order chi connectivity index (χ1) is 8.30. The molecule has 0 fully saturated rings. The normalized spacial score (nSPS) is 11.7. The minimum absolute atomic E-state index is 0.00287. The molecule has 8 heteroatoms. The number of halogens is 2. The Morgan fingerprint density at radius 2 is 1.94 bits per heavy atom. The highest BCUT2D eigenvalue weighted by Crippen LogP contribution is 2.31. The number of aromatic nitrogens is 1. The maximum Gasteiger partial charge on any atom is 0.230 e. The molecule has 1 aromatic heterocycles. The SMILES string of the molecule is CS(=O)(=O)c1cc(F)c(F)c(-c2cnoc2N)c1. The second-order valence-electron chi connectivity index (χ2n) is 3.64. The van der Waals surface area contributed by atoms with Crippen molar-refractivity contribution >= 4 is 15.7 Å². The Hall–Kier alpha value is -1.96. The molecular formula is C10H8F2N2O3S. The molecule has 18 heavy (non-hydrogen) atoms. The van der Waals surface area contributed by atoms with Crippen LogP contribution in [0, 0.1) is 11.6 Å². The number of nitrogens with two attached hydrogens (primary N) is 1. The van der Waals surface area contributed by atoms with Crippen molar-refractivity contribution in [3.8, 4) is 11.1 Å². The fourth-order valence-electron chi connectivity index (χ4n) is 1.43. The highest BCUT2D eigenvalue weighted by molar-refractivity contribution is 7.90. The molecular weight excluding hydrogens is 266 g/mol. The van der Waals surface area contributed by atoms with Gasteiger partial charge >= 0.3 is 0 Å². The lowest BCUT2D eigenvalue weighted by Crippen LogP contribution is -2.01. The molecule has 0 aliphatic carbocycles. The van der Waals surface area contributed by atoms with Gasteiger partial charge in [0.25, 0.3) is 0 Å². The molecule has 0 atom stereocenters. The van der Waals surface area contributed by atoms with E-state index in [1.54, 1.807) is 0 Å². The van der Waals surface area contributed by atoms with Gasteiger partial charge in [-0.15, -0.1) is 0 Å². The molecule has 0 unspecified atom stereocenters. The molecule has 96 valence electrons. The van der Waals surface area contributed by atoms with E-state index >= 15 is 0 Å². The van der Waals surface area contributed by atoms with Crippen molar-refractivity contribution in [2.45, 2.75) is 4.90 Å². The first kappa shape index (κ1) is 12.5. The number of anilines is 1. The summed E-state index contributed by atoms with van der Waals surface area (Å²) in [6.45, 7) is 0. The third-order valence-corrected chi connectivity index (χ3v) is 3.41. The number of hydrogen-bond donors (Lipinski definition) is 1. The van der Waals surface area contributed by atoms with Gasteiger partial charge in [0.1, 0.15) is 0 Å². The van der Waals surface area contributed by atoms with Crippen molar-refractivity contribution in [2.75, 3.05) is 12.0 Å².